The first-order valence-corrected chi connectivity index (χ1v) is 14.1. The fourth-order valence-electron chi connectivity index (χ4n) is 3.83. The molecule has 0 spiro atoms. The average Bonchev–Trinajstić information content (AvgIpc) is 3.61. The van der Waals surface area contributed by atoms with E-state index < -0.39 is 23.6 Å². The van der Waals surface area contributed by atoms with E-state index in [0.29, 0.717) is 34.7 Å². The monoisotopic (exact) mass is 607 g/mol. The summed E-state index contributed by atoms with van der Waals surface area (Å²) in [5, 5.41) is 10.1. The molecule has 0 fully saturated rings. The van der Waals surface area contributed by atoms with Crippen LogP contribution in [0.25, 0.3) is 21.1 Å². The summed E-state index contributed by atoms with van der Waals surface area (Å²) >= 11 is 2.28. The average molecular weight is 608 g/mol. The maximum Gasteiger partial charge on any atom is 0.321 e. The Hall–Kier alpha value is -4.95. The van der Waals surface area contributed by atoms with Gasteiger partial charge in [0.05, 0.1) is 18.5 Å². The van der Waals surface area contributed by atoms with Gasteiger partial charge < -0.3 is 21.1 Å². The van der Waals surface area contributed by atoms with Gasteiger partial charge in [0, 0.05) is 47.4 Å². The number of nitrogens with one attached hydrogen (secondary N) is 3. The Labute approximate surface area is 246 Å². The van der Waals surface area contributed by atoms with Crippen LogP contribution in [0.15, 0.2) is 66.2 Å². The van der Waals surface area contributed by atoms with Crippen molar-refractivity contribution in [3.05, 3.63) is 89.1 Å². The molecule has 3 heterocycles. The number of urea groups is 1. The molecule has 0 saturated carbocycles. The quantitative estimate of drug-likeness (QED) is 0.165. The zero-order valence-electron chi connectivity index (χ0n) is 22.0. The second kappa shape index (κ2) is 12.7. The number of benzene rings is 2. The number of anilines is 3. The van der Waals surface area contributed by atoms with Gasteiger partial charge in [0.25, 0.3) is 5.91 Å². The van der Waals surface area contributed by atoms with Crippen LogP contribution >= 0.6 is 22.7 Å². The summed E-state index contributed by atoms with van der Waals surface area (Å²) in [5.41, 5.74) is 7.14. The smallest absolute Gasteiger partial charge is 0.321 e. The fraction of sp³-hybridized carbons (Fsp3) is 0.107. The van der Waals surface area contributed by atoms with Crippen LogP contribution in [-0.2, 0) is 6.42 Å². The number of nitrogens with zero attached hydrogens (tertiary/aromatic N) is 3. The van der Waals surface area contributed by atoms with Gasteiger partial charge in [0.15, 0.2) is 5.13 Å². The zero-order chi connectivity index (χ0) is 29.6. The zero-order valence-corrected chi connectivity index (χ0v) is 23.6. The van der Waals surface area contributed by atoms with Crippen molar-refractivity contribution in [3.8, 4) is 26.9 Å². The summed E-state index contributed by atoms with van der Waals surface area (Å²) in [7, 11) is 1.46. The van der Waals surface area contributed by atoms with Crippen LogP contribution in [0.2, 0.25) is 0 Å². The summed E-state index contributed by atoms with van der Waals surface area (Å²) in [6.07, 6.45) is 2.25. The van der Waals surface area contributed by atoms with Crippen LogP contribution in [0.4, 0.5) is 30.2 Å². The number of carbonyl (C=O) groups excluding carboxylic acids is 2. The minimum atomic E-state index is -0.941. The van der Waals surface area contributed by atoms with Gasteiger partial charge in [0.2, 0.25) is 0 Å². The van der Waals surface area contributed by atoms with E-state index in [-0.39, 0.29) is 33.5 Å². The maximum absolute atomic E-state index is 14.8. The summed E-state index contributed by atoms with van der Waals surface area (Å²) in [6, 6.07) is 13.3. The SMILES string of the molecule is COc1cccc(C(=O)Nc2cc(-c3csc(-c4sc(NC(=O)NCCc5ccccn5)nc4N)n3)c(F)cc2F)c1. The van der Waals surface area contributed by atoms with E-state index in [9.17, 15) is 18.4 Å². The van der Waals surface area contributed by atoms with Crippen molar-refractivity contribution in [2.24, 2.45) is 0 Å². The number of pyridine rings is 1. The molecule has 0 aliphatic carbocycles. The molecule has 5 N–H and O–H groups in total. The fourth-order valence-corrected chi connectivity index (χ4v) is 5.63. The first kappa shape index (κ1) is 28.6. The summed E-state index contributed by atoms with van der Waals surface area (Å²) in [6.45, 7) is 0.373. The standard InChI is InChI=1S/C28H23F2N7O3S2/c1-40-17-7-4-5-15(11-17)25(38)34-21-12-18(19(29)13-20(21)30)22-14-41-26(35-22)23-24(31)36-28(42-23)37-27(39)33-10-8-16-6-2-3-9-32-16/h2-7,9,11-14H,8,10,31H2,1H3,(H,34,38)(H2,33,36,37,39). The lowest BCUT2D eigenvalue weighted by atomic mass is 10.1. The molecule has 10 nitrogen and oxygen atoms in total. The molecule has 3 aromatic heterocycles. The van der Waals surface area contributed by atoms with Gasteiger partial charge in [-0.2, -0.15) is 0 Å². The molecule has 214 valence electrons. The van der Waals surface area contributed by atoms with Gasteiger partial charge in [-0.25, -0.2) is 23.5 Å². The Kier molecular flexibility index (Phi) is 8.64. The highest BCUT2D eigenvalue weighted by Gasteiger charge is 2.20. The normalized spacial score (nSPS) is 10.7. The van der Waals surface area contributed by atoms with E-state index in [1.165, 1.54) is 30.6 Å². The summed E-state index contributed by atoms with van der Waals surface area (Å²) in [5.74, 6) is -1.80. The Morgan fingerprint density at radius 3 is 2.67 bits per heavy atom. The molecule has 0 radical (unpaired) electrons. The third-order valence-electron chi connectivity index (χ3n) is 5.88. The molecule has 5 rings (SSSR count). The molecule has 0 aliphatic rings. The predicted octanol–water partition coefficient (Wildman–Crippen LogP) is 5.81. The minimum Gasteiger partial charge on any atom is -0.497 e. The van der Waals surface area contributed by atoms with Gasteiger partial charge in [-0.1, -0.05) is 23.5 Å². The van der Waals surface area contributed by atoms with Crippen molar-refractivity contribution in [2.75, 3.05) is 30.0 Å². The first-order valence-electron chi connectivity index (χ1n) is 12.4. The largest absolute Gasteiger partial charge is 0.497 e. The number of rotatable bonds is 9. The molecular weight excluding hydrogens is 584 g/mol. The van der Waals surface area contributed by atoms with Crippen LogP contribution in [-0.4, -0.2) is 40.5 Å². The third kappa shape index (κ3) is 6.67. The van der Waals surface area contributed by atoms with Gasteiger partial charge >= 0.3 is 6.03 Å². The number of amides is 3. The highest BCUT2D eigenvalue weighted by molar-refractivity contribution is 7.23. The predicted molar refractivity (Wildman–Crippen MR) is 159 cm³/mol. The molecule has 5 aromatic rings. The Morgan fingerprint density at radius 1 is 1.02 bits per heavy atom. The third-order valence-corrected chi connectivity index (χ3v) is 7.86. The van der Waals surface area contributed by atoms with Crippen LogP contribution in [0, 0.1) is 11.6 Å². The van der Waals surface area contributed by atoms with E-state index in [2.05, 4.69) is 30.9 Å². The summed E-state index contributed by atoms with van der Waals surface area (Å²) < 4.78 is 34.5. The number of methoxy groups -OCH3 is 1. The van der Waals surface area contributed by atoms with E-state index in [0.717, 1.165) is 17.0 Å². The van der Waals surface area contributed by atoms with Gasteiger partial charge in [-0.15, -0.1) is 11.3 Å². The van der Waals surface area contributed by atoms with Gasteiger partial charge in [-0.05, 0) is 36.4 Å². The highest BCUT2D eigenvalue weighted by Crippen LogP contribution is 2.39. The molecule has 42 heavy (non-hydrogen) atoms. The maximum atomic E-state index is 14.8. The molecule has 3 amide bonds. The molecule has 2 aromatic carbocycles. The van der Waals surface area contributed by atoms with Crippen LogP contribution in [0.3, 0.4) is 0 Å². The number of aromatic nitrogens is 3. The van der Waals surface area contributed by atoms with Crippen molar-refractivity contribution in [1.29, 1.82) is 0 Å². The molecule has 0 aliphatic heterocycles. The van der Waals surface area contributed by atoms with Crippen LogP contribution < -0.4 is 26.4 Å². The number of hydrogen-bond donors (Lipinski definition) is 4. The lowest BCUT2D eigenvalue weighted by molar-refractivity contribution is 0.102. The second-order valence-corrected chi connectivity index (χ2v) is 10.6. The van der Waals surface area contributed by atoms with E-state index >= 15 is 0 Å². The second-order valence-electron chi connectivity index (χ2n) is 8.72. The molecular formula is C28H23F2N7O3S2. The number of halogens is 2. The molecule has 14 heteroatoms. The molecule has 0 atom stereocenters. The van der Waals surface area contributed by atoms with Crippen molar-refractivity contribution in [3.63, 3.8) is 0 Å². The van der Waals surface area contributed by atoms with Gasteiger partial charge in [0.1, 0.15) is 33.1 Å². The number of nitrogen functional groups attached to an aromatic ring is 1. The number of ether oxygens (including phenoxy) is 1. The first-order chi connectivity index (χ1) is 20.3. The van der Waals surface area contributed by atoms with Crippen LogP contribution in [0.5, 0.6) is 5.75 Å². The Balaban J connectivity index is 1.28. The van der Waals surface area contributed by atoms with Crippen molar-refractivity contribution in [2.45, 2.75) is 6.42 Å². The summed E-state index contributed by atoms with van der Waals surface area (Å²) in [4.78, 5) is 38.3. The number of hydrogen-bond acceptors (Lipinski definition) is 9. The van der Waals surface area contributed by atoms with E-state index in [1.807, 2.05) is 18.2 Å². The molecule has 0 unspecified atom stereocenters. The highest BCUT2D eigenvalue weighted by atomic mass is 32.1. The number of thiazole rings is 2. The lowest BCUT2D eigenvalue weighted by Gasteiger charge is -2.10. The van der Waals surface area contributed by atoms with Crippen LogP contribution in [0.1, 0.15) is 16.1 Å². The lowest BCUT2D eigenvalue weighted by Crippen LogP contribution is -2.30. The molecule has 0 saturated heterocycles. The van der Waals surface area contributed by atoms with E-state index in [4.69, 9.17) is 10.5 Å². The minimum absolute atomic E-state index is 0.0199. The Morgan fingerprint density at radius 2 is 1.88 bits per heavy atom. The topological polar surface area (TPSA) is 144 Å². The number of nitrogens with two attached hydrogens (primary N) is 1. The van der Waals surface area contributed by atoms with Gasteiger partial charge in [-0.3, -0.25) is 15.1 Å². The van der Waals surface area contributed by atoms with E-state index in [1.54, 1.807) is 29.8 Å². The van der Waals surface area contributed by atoms with Crippen molar-refractivity contribution < 1.29 is 23.1 Å². The van der Waals surface area contributed by atoms with Crippen molar-refractivity contribution >= 4 is 51.2 Å². The van der Waals surface area contributed by atoms with Crippen molar-refractivity contribution in [1.82, 2.24) is 20.3 Å². The number of carbonyl (C=O) groups is 2. The molecule has 0 bridgehead atoms. The Bertz CT molecular complexity index is 1740.